The summed E-state index contributed by atoms with van der Waals surface area (Å²) in [7, 11) is 0. The molecule has 2 heterocycles. The van der Waals surface area contributed by atoms with Gasteiger partial charge in [-0.05, 0) is 12.1 Å². The van der Waals surface area contributed by atoms with E-state index in [-0.39, 0.29) is 24.7 Å². The Kier molecular flexibility index (Phi) is 2.51. The van der Waals surface area contributed by atoms with Crippen LogP contribution >= 0.6 is 0 Å². The molecule has 1 fully saturated rings. The third kappa shape index (κ3) is 1.72. The number of fused-ring (bicyclic) bond motifs is 2. The number of anilines is 1. The zero-order valence-electron chi connectivity index (χ0n) is 11.2. The van der Waals surface area contributed by atoms with Crippen molar-refractivity contribution in [2.75, 3.05) is 4.90 Å². The van der Waals surface area contributed by atoms with E-state index in [9.17, 15) is 9.59 Å². The maximum atomic E-state index is 12.2. The van der Waals surface area contributed by atoms with Gasteiger partial charge in [0.25, 0.3) is 0 Å². The van der Waals surface area contributed by atoms with Crippen molar-refractivity contribution >= 4 is 39.3 Å². The first-order valence-electron chi connectivity index (χ1n) is 6.89. The Morgan fingerprint density at radius 1 is 0.762 bits per heavy atom. The molecule has 0 unspecified atom stereocenters. The molecule has 0 bridgehead atoms. The predicted molar refractivity (Wildman–Crippen MR) is 81.0 cm³/mol. The lowest BCUT2D eigenvalue weighted by Gasteiger charge is -2.18. The molecule has 0 N–H and O–H groups in total. The molecule has 2 amide bonds. The number of amides is 2. The van der Waals surface area contributed by atoms with E-state index in [1.54, 1.807) is 0 Å². The third-order valence-corrected chi connectivity index (χ3v) is 3.83. The van der Waals surface area contributed by atoms with Crippen LogP contribution in [-0.2, 0) is 9.59 Å². The van der Waals surface area contributed by atoms with Gasteiger partial charge in [0.15, 0.2) is 0 Å². The molecule has 1 aliphatic heterocycles. The van der Waals surface area contributed by atoms with E-state index in [0.717, 1.165) is 21.8 Å². The number of para-hydroxylation sites is 2. The van der Waals surface area contributed by atoms with E-state index in [4.69, 9.17) is 0 Å². The Morgan fingerprint density at radius 2 is 1.24 bits per heavy atom. The molecule has 21 heavy (non-hydrogen) atoms. The summed E-state index contributed by atoms with van der Waals surface area (Å²) in [5.41, 5.74) is 2.25. The maximum absolute atomic E-state index is 12.2. The van der Waals surface area contributed by atoms with Gasteiger partial charge >= 0.3 is 0 Å². The molecule has 0 aliphatic carbocycles. The van der Waals surface area contributed by atoms with E-state index in [1.165, 1.54) is 4.90 Å². The summed E-state index contributed by atoms with van der Waals surface area (Å²) in [6.07, 6.45) is 0.563. The van der Waals surface area contributed by atoms with E-state index in [2.05, 4.69) is 4.98 Å². The first-order chi connectivity index (χ1) is 10.3. The second-order valence-corrected chi connectivity index (χ2v) is 5.12. The molecule has 0 spiro atoms. The van der Waals surface area contributed by atoms with Crippen LogP contribution < -0.4 is 4.90 Å². The van der Waals surface area contributed by atoms with E-state index < -0.39 is 0 Å². The SMILES string of the molecule is O=C1CCC(=O)N1c1c2ccccc2nc2ccccc12. The van der Waals surface area contributed by atoms with Crippen molar-refractivity contribution in [3.8, 4) is 0 Å². The number of pyridine rings is 1. The van der Waals surface area contributed by atoms with Crippen LogP contribution in [0.15, 0.2) is 48.5 Å². The molecule has 2 aromatic carbocycles. The van der Waals surface area contributed by atoms with Crippen molar-refractivity contribution in [3.05, 3.63) is 48.5 Å². The average Bonchev–Trinajstić information content (AvgIpc) is 2.84. The highest BCUT2D eigenvalue weighted by Crippen LogP contribution is 2.36. The number of aromatic nitrogens is 1. The van der Waals surface area contributed by atoms with Gasteiger partial charge < -0.3 is 0 Å². The summed E-state index contributed by atoms with van der Waals surface area (Å²) in [6.45, 7) is 0. The van der Waals surface area contributed by atoms with Crippen molar-refractivity contribution in [2.24, 2.45) is 0 Å². The Labute approximate surface area is 121 Å². The fourth-order valence-corrected chi connectivity index (χ4v) is 2.88. The smallest absolute Gasteiger partial charge is 0.234 e. The maximum Gasteiger partial charge on any atom is 0.234 e. The van der Waals surface area contributed by atoms with Crippen molar-refractivity contribution in [2.45, 2.75) is 12.8 Å². The molecule has 102 valence electrons. The van der Waals surface area contributed by atoms with Crippen LogP contribution in [0.25, 0.3) is 21.8 Å². The highest BCUT2D eigenvalue weighted by atomic mass is 16.2. The number of rotatable bonds is 1. The van der Waals surface area contributed by atoms with E-state index >= 15 is 0 Å². The summed E-state index contributed by atoms with van der Waals surface area (Å²) >= 11 is 0. The minimum absolute atomic E-state index is 0.137. The van der Waals surface area contributed by atoms with Crippen molar-refractivity contribution in [1.82, 2.24) is 4.98 Å². The number of carbonyl (C=O) groups is 2. The van der Waals surface area contributed by atoms with Crippen molar-refractivity contribution in [3.63, 3.8) is 0 Å². The lowest BCUT2D eigenvalue weighted by molar-refractivity contribution is -0.121. The van der Waals surface area contributed by atoms with Gasteiger partial charge in [0.05, 0.1) is 16.7 Å². The number of hydrogen-bond donors (Lipinski definition) is 0. The first kappa shape index (κ1) is 12.0. The minimum Gasteiger partial charge on any atom is -0.274 e. The summed E-state index contributed by atoms with van der Waals surface area (Å²) in [4.78, 5) is 30.3. The standard InChI is InChI=1S/C17H12N2O2/c20-15-9-10-16(21)19(15)17-11-5-1-3-7-13(11)18-14-8-4-2-6-12(14)17/h1-8H,9-10H2. The number of carbonyl (C=O) groups excluding carboxylic acids is 2. The minimum atomic E-state index is -0.137. The fraction of sp³-hybridized carbons (Fsp3) is 0.118. The van der Waals surface area contributed by atoms with Crippen LogP contribution in [0.4, 0.5) is 5.69 Å². The van der Waals surface area contributed by atoms with Gasteiger partial charge in [0.1, 0.15) is 0 Å². The third-order valence-electron chi connectivity index (χ3n) is 3.83. The van der Waals surface area contributed by atoms with Gasteiger partial charge in [-0.1, -0.05) is 36.4 Å². The van der Waals surface area contributed by atoms with Crippen LogP contribution in [0.1, 0.15) is 12.8 Å². The molecule has 1 saturated heterocycles. The molecule has 3 aromatic rings. The van der Waals surface area contributed by atoms with E-state index in [0.29, 0.717) is 5.69 Å². The summed E-state index contributed by atoms with van der Waals surface area (Å²) in [5.74, 6) is -0.275. The fourth-order valence-electron chi connectivity index (χ4n) is 2.88. The molecule has 4 nitrogen and oxygen atoms in total. The predicted octanol–water partition coefficient (Wildman–Crippen LogP) is 3.04. The highest BCUT2D eigenvalue weighted by Gasteiger charge is 2.32. The van der Waals surface area contributed by atoms with E-state index in [1.807, 2.05) is 48.5 Å². The van der Waals surface area contributed by atoms with Crippen LogP contribution in [0.3, 0.4) is 0 Å². The lowest BCUT2D eigenvalue weighted by Crippen LogP contribution is -2.29. The number of hydrogen-bond acceptors (Lipinski definition) is 3. The molecule has 0 atom stereocenters. The summed E-state index contributed by atoms with van der Waals surface area (Å²) in [5, 5.41) is 1.67. The highest BCUT2D eigenvalue weighted by molar-refractivity contribution is 6.27. The van der Waals surface area contributed by atoms with Gasteiger partial charge in [-0.15, -0.1) is 0 Å². The Morgan fingerprint density at radius 3 is 1.76 bits per heavy atom. The number of benzene rings is 2. The van der Waals surface area contributed by atoms with Gasteiger partial charge in [0, 0.05) is 23.6 Å². The quantitative estimate of drug-likeness (QED) is 0.507. The molecule has 1 aliphatic rings. The van der Waals surface area contributed by atoms with Crippen LogP contribution in [-0.4, -0.2) is 16.8 Å². The molecule has 4 heteroatoms. The summed E-state index contributed by atoms with van der Waals surface area (Å²) in [6, 6.07) is 15.2. The van der Waals surface area contributed by atoms with Gasteiger partial charge in [-0.3, -0.25) is 9.59 Å². The Hall–Kier alpha value is -2.75. The average molecular weight is 276 g/mol. The van der Waals surface area contributed by atoms with Crippen LogP contribution in [0.5, 0.6) is 0 Å². The Balaban J connectivity index is 2.17. The summed E-state index contributed by atoms with van der Waals surface area (Å²) < 4.78 is 0. The topological polar surface area (TPSA) is 50.3 Å². The zero-order chi connectivity index (χ0) is 14.4. The van der Waals surface area contributed by atoms with Crippen molar-refractivity contribution in [1.29, 1.82) is 0 Å². The molecule has 0 radical (unpaired) electrons. The Bertz CT molecular complexity index is 832. The monoisotopic (exact) mass is 276 g/mol. The largest absolute Gasteiger partial charge is 0.274 e. The van der Waals surface area contributed by atoms with Crippen molar-refractivity contribution < 1.29 is 9.59 Å². The number of imide groups is 1. The molecular formula is C17H12N2O2. The molecular weight excluding hydrogens is 264 g/mol. The van der Waals surface area contributed by atoms with Crippen LogP contribution in [0.2, 0.25) is 0 Å². The molecule has 4 rings (SSSR count). The zero-order valence-corrected chi connectivity index (χ0v) is 11.2. The normalized spacial score (nSPS) is 15.3. The lowest BCUT2D eigenvalue weighted by atomic mass is 10.1. The van der Waals surface area contributed by atoms with Gasteiger partial charge in [-0.2, -0.15) is 0 Å². The molecule has 1 aromatic heterocycles. The first-order valence-corrected chi connectivity index (χ1v) is 6.89. The van der Waals surface area contributed by atoms with Gasteiger partial charge in [0.2, 0.25) is 11.8 Å². The van der Waals surface area contributed by atoms with Gasteiger partial charge in [-0.25, -0.2) is 9.88 Å². The second kappa shape index (κ2) is 4.38. The number of nitrogens with zero attached hydrogens (tertiary/aromatic N) is 2. The molecule has 0 saturated carbocycles. The van der Waals surface area contributed by atoms with Crippen LogP contribution in [0, 0.1) is 0 Å². The second-order valence-electron chi connectivity index (χ2n) is 5.12.